The Morgan fingerprint density at radius 1 is 0.833 bits per heavy atom. The Morgan fingerprint density at radius 2 is 1.11 bits per heavy atom. The molecule has 2 heterocycles. The third kappa shape index (κ3) is 5.79. The Balaban J connectivity index is 0.000000280. The minimum atomic E-state index is -6.00. The molecule has 0 N–H and O–H groups in total. The fourth-order valence-corrected chi connectivity index (χ4v) is 2.31. The molecule has 18 heavy (non-hydrogen) atoms. The second-order valence-electron chi connectivity index (χ2n) is 4.24. The molecule has 0 radical (unpaired) electrons. The van der Waals surface area contributed by atoms with E-state index in [0.29, 0.717) is 0 Å². The minimum absolute atomic E-state index is 0.886. The van der Waals surface area contributed by atoms with Crippen molar-refractivity contribution in [1.82, 2.24) is 9.80 Å². The first kappa shape index (κ1) is 15.4. The van der Waals surface area contributed by atoms with E-state index in [-0.39, 0.29) is 0 Å². The van der Waals surface area contributed by atoms with E-state index >= 15 is 0 Å². The highest BCUT2D eigenvalue weighted by molar-refractivity contribution is 6.50. The zero-order chi connectivity index (χ0) is 13.6. The van der Waals surface area contributed by atoms with E-state index < -0.39 is 7.25 Å². The fraction of sp³-hybridized carbons (Fsp3) is 0.889. The van der Waals surface area contributed by atoms with Gasteiger partial charge in [-0.15, -0.1) is 0 Å². The highest BCUT2D eigenvalue weighted by atomic mass is 35.5. The number of hydrogen-bond donors (Lipinski definition) is 0. The molecule has 0 aromatic rings. The monoisotopic (exact) mass is 290 g/mol. The lowest BCUT2D eigenvalue weighted by atomic mass is 10.3. The SMILES string of the molecule is Cl[O+]=C(N1CCCC1)N1CCCC1.F[B-](F)(F)F. The van der Waals surface area contributed by atoms with Crippen LogP contribution >= 0.6 is 11.9 Å². The maximum atomic E-state index is 9.75. The molecule has 9 heteroatoms. The van der Waals surface area contributed by atoms with E-state index in [9.17, 15) is 17.3 Å². The first-order valence-corrected chi connectivity index (χ1v) is 6.25. The zero-order valence-corrected chi connectivity index (χ0v) is 10.7. The van der Waals surface area contributed by atoms with Crippen molar-refractivity contribution in [3.05, 3.63) is 0 Å². The van der Waals surface area contributed by atoms with Crippen LogP contribution in [0.1, 0.15) is 25.7 Å². The summed E-state index contributed by atoms with van der Waals surface area (Å²) in [6.45, 7) is 4.38. The summed E-state index contributed by atoms with van der Waals surface area (Å²) in [6.07, 6.45) is 5.05. The number of likely N-dealkylation sites (tertiary alicyclic amines) is 2. The van der Waals surface area contributed by atoms with Crippen molar-refractivity contribution in [1.29, 1.82) is 0 Å². The van der Waals surface area contributed by atoms with Gasteiger partial charge in [-0.2, -0.15) is 0 Å². The largest absolute Gasteiger partial charge is 0.673 e. The number of hydrogen-bond acceptors (Lipinski definition) is 0. The smallest absolute Gasteiger partial charge is 0.418 e. The van der Waals surface area contributed by atoms with Crippen LogP contribution in [0.5, 0.6) is 0 Å². The van der Waals surface area contributed by atoms with Gasteiger partial charge in [0.2, 0.25) is 0 Å². The van der Waals surface area contributed by atoms with Gasteiger partial charge in [-0.1, -0.05) is 3.98 Å². The average molecular weight is 290 g/mol. The maximum Gasteiger partial charge on any atom is 0.673 e. The molecule has 2 aliphatic heterocycles. The van der Waals surface area contributed by atoms with Crippen LogP contribution in [-0.4, -0.2) is 49.3 Å². The number of urea groups is 1. The van der Waals surface area contributed by atoms with Crippen LogP contribution in [0.25, 0.3) is 0 Å². The van der Waals surface area contributed by atoms with Gasteiger partial charge in [-0.3, -0.25) is 9.80 Å². The molecule has 2 amide bonds. The fourth-order valence-electron chi connectivity index (χ4n) is 2.11. The van der Waals surface area contributed by atoms with Gasteiger partial charge in [0.15, 0.2) is 0 Å². The van der Waals surface area contributed by atoms with Crippen LogP contribution in [-0.2, 0) is 0 Å². The van der Waals surface area contributed by atoms with Crippen molar-refractivity contribution in [2.75, 3.05) is 26.2 Å². The third-order valence-electron chi connectivity index (χ3n) is 2.82. The molecule has 0 saturated carbocycles. The lowest BCUT2D eigenvalue weighted by Gasteiger charge is -2.17. The molecule has 0 spiro atoms. The molecule has 0 bridgehead atoms. The topological polar surface area (TPSA) is 17.8 Å². The molecular formula is C9H16BClF4N2O. The van der Waals surface area contributed by atoms with Crippen LogP contribution in [0.3, 0.4) is 0 Å². The Bertz CT molecular complexity index is 254. The van der Waals surface area contributed by atoms with E-state index in [0.717, 1.165) is 32.2 Å². The Labute approximate surface area is 109 Å². The molecule has 2 fully saturated rings. The summed E-state index contributed by atoms with van der Waals surface area (Å²) in [6, 6.07) is 0.886. The van der Waals surface area contributed by atoms with Gasteiger partial charge in [0.05, 0.1) is 0 Å². The van der Waals surface area contributed by atoms with Crippen molar-refractivity contribution in [3.63, 3.8) is 0 Å². The molecule has 0 unspecified atom stereocenters. The number of rotatable bonds is 0. The summed E-state index contributed by atoms with van der Waals surface area (Å²) in [5, 5.41) is 0. The van der Waals surface area contributed by atoms with Gasteiger partial charge < -0.3 is 17.3 Å². The molecule has 0 aromatic carbocycles. The summed E-state index contributed by atoms with van der Waals surface area (Å²) >= 11 is 5.51. The van der Waals surface area contributed by atoms with Crippen molar-refractivity contribution >= 4 is 25.2 Å². The van der Waals surface area contributed by atoms with Crippen LogP contribution < -0.4 is 0 Å². The van der Waals surface area contributed by atoms with Gasteiger partial charge in [0, 0.05) is 26.2 Å². The highest BCUT2D eigenvalue weighted by Gasteiger charge is 2.33. The Kier molecular flexibility index (Phi) is 6.04. The average Bonchev–Trinajstić information content (AvgIpc) is 2.87. The molecule has 3 nitrogen and oxygen atoms in total. The van der Waals surface area contributed by atoms with E-state index in [4.69, 9.17) is 15.8 Å². The predicted octanol–water partition coefficient (Wildman–Crippen LogP) is 3.29. The number of amides is 2. The van der Waals surface area contributed by atoms with Crippen molar-refractivity contribution < 1.29 is 21.2 Å². The lowest BCUT2D eigenvalue weighted by Crippen LogP contribution is -2.40. The maximum absolute atomic E-state index is 9.75. The minimum Gasteiger partial charge on any atom is -0.418 e. The van der Waals surface area contributed by atoms with E-state index in [1.807, 2.05) is 0 Å². The Morgan fingerprint density at radius 3 is 1.33 bits per heavy atom. The molecule has 2 aliphatic rings. The van der Waals surface area contributed by atoms with Gasteiger partial charge in [0.25, 0.3) is 0 Å². The molecule has 0 atom stereocenters. The zero-order valence-electron chi connectivity index (χ0n) is 9.93. The van der Waals surface area contributed by atoms with Crippen LogP contribution in [0.2, 0.25) is 0 Å². The van der Waals surface area contributed by atoms with Gasteiger partial charge in [-0.25, -0.2) is 0 Å². The number of halogens is 5. The molecular weight excluding hydrogens is 274 g/mol. The molecule has 2 saturated heterocycles. The number of nitrogens with zero attached hydrogens (tertiary/aromatic N) is 2. The van der Waals surface area contributed by atoms with Crippen LogP contribution in [0.15, 0.2) is 0 Å². The van der Waals surface area contributed by atoms with Crippen molar-refractivity contribution in [2.24, 2.45) is 0 Å². The first-order valence-electron chi connectivity index (χ1n) is 5.94. The molecule has 0 aliphatic carbocycles. The van der Waals surface area contributed by atoms with Crippen molar-refractivity contribution in [3.8, 4) is 0 Å². The second kappa shape index (κ2) is 7.06. The van der Waals surface area contributed by atoms with Gasteiger partial charge in [-0.05, 0) is 25.7 Å². The lowest BCUT2D eigenvalue weighted by molar-refractivity contribution is 0.0448. The third-order valence-corrected chi connectivity index (χ3v) is 2.96. The molecule has 0 aromatic heterocycles. The summed E-state index contributed by atoms with van der Waals surface area (Å²) in [4.78, 5) is 4.50. The molecule has 2 rings (SSSR count). The first-order chi connectivity index (χ1) is 8.42. The highest BCUT2D eigenvalue weighted by Crippen LogP contribution is 2.17. The predicted molar refractivity (Wildman–Crippen MR) is 63.0 cm³/mol. The normalized spacial score (nSPS) is 19.6. The van der Waals surface area contributed by atoms with Gasteiger partial charge >= 0.3 is 25.2 Å². The van der Waals surface area contributed by atoms with E-state index in [1.165, 1.54) is 25.7 Å². The van der Waals surface area contributed by atoms with Crippen LogP contribution in [0.4, 0.5) is 21.2 Å². The standard InChI is InChI=1S/C9H16ClN2O.BF4/c10-13-9(11-5-1-2-6-11)12-7-3-4-8-12;2-1(3,4)5/h1-8H2;/q+1;-1. The number of carbonyl (C=O) groups excluding carboxylic acids is 1. The van der Waals surface area contributed by atoms with E-state index in [1.54, 1.807) is 0 Å². The Hall–Kier alpha value is -0.655. The summed E-state index contributed by atoms with van der Waals surface area (Å²) in [7, 11) is -6.00. The summed E-state index contributed by atoms with van der Waals surface area (Å²) < 4.78 is 44.0. The van der Waals surface area contributed by atoms with Crippen molar-refractivity contribution in [2.45, 2.75) is 25.7 Å². The van der Waals surface area contributed by atoms with Crippen LogP contribution in [0, 0.1) is 0 Å². The quantitative estimate of drug-likeness (QED) is 0.370. The van der Waals surface area contributed by atoms with Gasteiger partial charge in [0.1, 0.15) is 0 Å². The molecule has 106 valence electrons. The summed E-state index contributed by atoms with van der Waals surface area (Å²) in [5.74, 6) is 0. The van der Waals surface area contributed by atoms with E-state index in [2.05, 4.69) is 9.80 Å². The second-order valence-corrected chi connectivity index (χ2v) is 4.40. The summed E-state index contributed by atoms with van der Waals surface area (Å²) in [5.41, 5.74) is 0.